The van der Waals surface area contributed by atoms with Gasteiger partial charge >= 0.3 is 5.97 Å². The molecule has 9 heterocycles. The van der Waals surface area contributed by atoms with Crippen molar-refractivity contribution in [2.75, 3.05) is 20.2 Å². The summed E-state index contributed by atoms with van der Waals surface area (Å²) in [4.78, 5) is 122. The Morgan fingerprint density at radius 3 is 1.98 bits per heavy atom. The number of amides is 7. The molecule has 0 aliphatic carbocycles. The second kappa shape index (κ2) is 37.5. The van der Waals surface area contributed by atoms with Crippen molar-refractivity contribution in [3.63, 3.8) is 0 Å². The maximum atomic E-state index is 16.4. The summed E-state index contributed by atoms with van der Waals surface area (Å²) in [7, 11) is 1.47. The van der Waals surface area contributed by atoms with Crippen molar-refractivity contribution in [2.45, 2.75) is 181 Å². The van der Waals surface area contributed by atoms with Gasteiger partial charge in [-0.3, -0.25) is 33.6 Å². The van der Waals surface area contributed by atoms with Crippen LogP contribution in [0, 0.1) is 5.92 Å². The zero-order valence-electron chi connectivity index (χ0n) is 66.2. The van der Waals surface area contributed by atoms with Crippen LogP contribution in [0.5, 0.6) is 46.0 Å². The van der Waals surface area contributed by atoms with Crippen molar-refractivity contribution in [1.82, 2.24) is 42.5 Å². The first kappa shape index (κ1) is 90.2. The number of phenols is 3. The fraction of sp³-hybridized carbons (Fsp3) is 0.398. The molecular formula is C83H91Cl3N10O26S. The Balaban J connectivity index is 0.970. The zero-order chi connectivity index (χ0) is 88.6. The van der Waals surface area contributed by atoms with Gasteiger partial charge < -0.3 is 143 Å². The number of rotatable bonds is 19. The van der Waals surface area contributed by atoms with Crippen molar-refractivity contribution in [3.8, 4) is 67.6 Å². The lowest BCUT2D eigenvalue weighted by Crippen LogP contribution is -2.63. The van der Waals surface area contributed by atoms with Crippen LogP contribution in [-0.2, 0) is 63.8 Å². The number of carbonyl (C=O) groups is 8. The van der Waals surface area contributed by atoms with Crippen molar-refractivity contribution in [2.24, 2.45) is 17.4 Å². The highest BCUT2D eigenvalue weighted by Gasteiger charge is 2.53. The van der Waals surface area contributed by atoms with Crippen LogP contribution in [-0.4, -0.2) is 221 Å². The summed E-state index contributed by atoms with van der Waals surface area (Å²) in [6.07, 6.45) is -21.8. The summed E-state index contributed by atoms with van der Waals surface area (Å²) < 4.78 is 45.1. The molecule has 656 valence electrons. The number of likely N-dealkylation sites (N-methyl/N-ethyl adjacent to an activating group) is 1. The zero-order valence-corrected chi connectivity index (χ0v) is 69.2. The van der Waals surface area contributed by atoms with E-state index < -0.39 is 260 Å². The number of benzene rings is 6. The first-order chi connectivity index (χ1) is 58.4. The summed E-state index contributed by atoms with van der Waals surface area (Å²) in [5.41, 5.74) is 9.39. The van der Waals surface area contributed by atoms with E-state index in [1.54, 1.807) is 12.1 Å². The summed E-state index contributed by atoms with van der Waals surface area (Å²) in [5, 5.41) is 149. The molecule has 23 N–H and O–H groups in total. The van der Waals surface area contributed by atoms with Gasteiger partial charge in [0.2, 0.25) is 59.7 Å². The van der Waals surface area contributed by atoms with Crippen molar-refractivity contribution in [1.29, 1.82) is 0 Å². The van der Waals surface area contributed by atoms with E-state index in [0.29, 0.717) is 11.6 Å². The van der Waals surface area contributed by atoms with E-state index in [0.717, 1.165) is 63.8 Å². The van der Waals surface area contributed by atoms with Crippen LogP contribution in [0.2, 0.25) is 15.1 Å². The van der Waals surface area contributed by atoms with Gasteiger partial charge in [-0.1, -0.05) is 79.0 Å². The van der Waals surface area contributed by atoms with Gasteiger partial charge in [0.05, 0.1) is 54.0 Å². The van der Waals surface area contributed by atoms with Crippen LogP contribution < -0.4 is 68.2 Å². The lowest BCUT2D eigenvalue weighted by Gasteiger charge is -2.47. The summed E-state index contributed by atoms with van der Waals surface area (Å²) in [6.45, 7) is 5.79. The Bertz CT molecular complexity index is 5240. The molecule has 36 nitrogen and oxygen atoms in total. The molecule has 123 heavy (non-hydrogen) atoms. The fourth-order valence-electron chi connectivity index (χ4n) is 15.7. The molecule has 7 aromatic rings. The van der Waals surface area contributed by atoms with E-state index in [1.807, 2.05) is 38.1 Å². The topological polar surface area (TPSA) is 572 Å². The molecule has 1 unspecified atom stereocenters. The molecule has 2 saturated heterocycles. The molecule has 8 aliphatic heterocycles. The quantitative estimate of drug-likeness (QED) is 0.0552. The maximum Gasteiger partial charge on any atom is 0.330 e. The van der Waals surface area contributed by atoms with Crippen molar-refractivity contribution >= 4 is 93.5 Å². The molecular weight excluding hydrogens is 1690 g/mol. The molecule has 40 heteroatoms. The number of aliphatic hydroxyl groups excluding tert-OH is 7. The van der Waals surface area contributed by atoms with Gasteiger partial charge in [0.1, 0.15) is 107 Å². The molecule has 11 bridgehead atoms. The van der Waals surface area contributed by atoms with Gasteiger partial charge in [0.15, 0.2) is 17.5 Å². The number of thiophene rings is 1. The van der Waals surface area contributed by atoms with E-state index in [4.69, 9.17) is 79.4 Å². The number of hydrogen-bond donors (Lipinski definition) is 21. The average Bonchev–Trinajstić information content (AvgIpc) is 1.20. The summed E-state index contributed by atoms with van der Waals surface area (Å²) in [6, 6.07) is 10.9. The molecule has 0 radical (unpaired) electrons. The van der Waals surface area contributed by atoms with Crippen molar-refractivity contribution in [3.05, 3.63) is 175 Å². The monoisotopic (exact) mass is 1780 g/mol. The van der Waals surface area contributed by atoms with Gasteiger partial charge in [0.25, 0.3) is 0 Å². The predicted octanol–water partition coefficient (Wildman–Crippen LogP) is 3.33. The van der Waals surface area contributed by atoms with Crippen LogP contribution in [0.3, 0.4) is 0 Å². The molecule has 1 aromatic heterocycles. The van der Waals surface area contributed by atoms with Crippen molar-refractivity contribution < 1.29 is 128 Å². The van der Waals surface area contributed by atoms with E-state index in [1.165, 1.54) is 68.6 Å². The number of hydrogen-bond acceptors (Lipinski definition) is 29. The molecule has 6 aromatic carbocycles. The average molecular weight is 1780 g/mol. The summed E-state index contributed by atoms with van der Waals surface area (Å²) in [5.74, 6) is -17.7. The number of nitrogens with one attached hydrogen (secondary N) is 8. The first-order valence-corrected chi connectivity index (χ1v) is 40.9. The molecule has 15 rings (SSSR count). The number of primary amides is 1. The number of halogens is 3. The van der Waals surface area contributed by atoms with Gasteiger partial charge in [-0.2, -0.15) is 0 Å². The number of aliphatic carboxylic acids is 1. The number of carboxylic acids is 1. The maximum absolute atomic E-state index is 16.4. The van der Waals surface area contributed by atoms with Crippen LogP contribution in [0.25, 0.3) is 21.6 Å². The van der Waals surface area contributed by atoms with Gasteiger partial charge in [-0.05, 0) is 152 Å². The lowest BCUT2D eigenvalue weighted by atomic mass is 9.75. The highest BCUT2D eigenvalue weighted by Crippen LogP contribution is 2.51. The Kier molecular flexibility index (Phi) is 27.5. The number of aliphatic hydroxyl groups is 7. The number of nitrogens with two attached hydrogens (primary N) is 2. The van der Waals surface area contributed by atoms with E-state index >= 15 is 24.0 Å². The third kappa shape index (κ3) is 19.7. The molecule has 0 saturated carbocycles. The van der Waals surface area contributed by atoms with E-state index in [-0.39, 0.29) is 53.5 Å². The molecule has 7 amide bonds. The third-order valence-corrected chi connectivity index (χ3v) is 23.9. The Morgan fingerprint density at radius 1 is 0.691 bits per heavy atom. The second-order valence-corrected chi connectivity index (χ2v) is 33.8. The minimum absolute atomic E-state index is 0.0256. The Morgan fingerprint density at radius 2 is 1.34 bits per heavy atom. The number of ether oxygens (including phenoxy) is 7. The summed E-state index contributed by atoms with van der Waals surface area (Å²) >= 11 is 22.2. The normalized spacial score (nSPS) is 28.7. The number of fused-ring (bicyclic) bond motifs is 15. The van der Waals surface area contributed by atoms with Gasteiger partial charge in [-0.15, -0.1) is 11.3 Å². The number of phenolic OH excluding ortho intramolecular Hbond substituents is 3. The number of carboxylic acid groups (broad SMARTS) is 1. The Labute approximate surface area is 720 Å². The number of carbonyl (C=O) groups excluding carboxylic acids is 7. The predicted molar refractivity (Wildman–Crippen MR) is 439 cm³/mol. The molecule has 8 aliphatic rings. The fourth-order valence-corrected chi connectivity index (χ4v) is 17.3. The van der Waals surface area contributed by atoms with Gasteiger partial charge in [0, 0.05) is 55.5 Å². The number of aromatic hydroxyl groups is 3. The van der Waals surface area contributed by atoms with Gasteiger partial charge in [-0.25, -0.2) is 4.79 Å². The molecule has 21 atom stereocenters. The first-order valence-electron chi connectivity index (χ1n) is 38.9. The SMILES string of the molecule is CN[C@H](CC(C)C)C(=O)N[C@H]1C(=O)N[C@@H](CC(N)=O)C(=O)N[C@H]2C(=O)N[C@H]3C(=O)N[C@H](C(=O)N[C@@H](C(=O)O)c4cc(O)cc(O)c4-c4cc3ccc4O)[C@H](C3C[C@](C)(N)[C@@H](O)[C@H](C)O3)c3ccc(c(Cl)c3)Oc3cc2cc(c3O[C@@H]2O[C@H](CO)[C@@H](O[C@@H]3OC(CNCc4ccc(-c5ccc(Cl)cc5)s4)=C[C@H](O)[C@H]3O)[C@H](O)[C@H]2O)Oc2ccc(cc2Cl)[C@H]1O. The third-order valence-electron chi connectivity index (χ3n) is 21.9. The van der Waals surface area contributed by atoms with Crippen LogP contribution >= 0.6 is 46.1 Å². The highest BCUT2D eigenvalue weighted by atomic mass is 35.5. The Hall–Kier alpha value is -10.5. The van der Waals surface area contributed by atoms with Crippen LogP contribution in [0.4, 0.5) is 0 Å². The minimum atomic E-state index is -2.40. The molecule has 2 fully saturated rings. The van der Waals surface area contributed by atoms with Crippen LogP contribution in [0.15, 0.2) is 127 Å². The largest absolute Gasteiger partial charge is 0.508 e. The standard InChI is InChI=1S/C83H91Cl3N10O26S/c1-32(2)18-47(89-5)74(108)96-66-67(103)37-10-16-53(46(86)21-37)119-55-23-38-22-54(71(55)121-82-70(106)69(105)72(57(31-97)120-82)122-81-68(104)51(101)26-41(117-81)29-90-30-42-13-17-58(123-42)34-6-11-39(84)12-7-34)118-52-15-9-35(20-45(52)85)60(56-28-83(4,88)73(107)33(3)116-56)65-78(112)94-64(80(114)115)44-24-40(98)25-50(100)61(44)43-19-36(8-14-49(43)99)62(76(110)95-65)93-77(111)63(38)92-75(109)48(27-59(87)102)91-79(66)113/h6-17,19-26,32-33,47-48,51,56-57,60,62-70,72-73,81-82,89-90,97-101,103-107H,18,27-31,88H2,1-5H3,(H2,87,102)(H,91,113)(H,92,109)(H,93,111)(H,94,112)(H,95,110)(H,96,108)(H,114,115)/t33-,47+,48-,51-,56?,57+,60-,62+,63+,64+,65-,66+,67+,68+,69+,70+,72+,73-,81-,82-,83-/m0/s1. The smallest absolute Gasteiger partial charge is 0.330 e. The second-order valence-electron chi connectivity index (χ2n) is 31.4. The van der Waals surface area contributed by atoms with Crippen LogP contribution in [0.1, 0.15) is 110 Å². The highest BCUT2D eigenvalue weighted by molar-refractivity contribution is 7.15. The minimum Gasteiger partial charge on any atom is -0.508 e. The van der Waals surface area contributed by atoms with E-state index in [9.17, 15) is 70.6 Å². The lowest BCUT2D eigenvalue weighted by molar-refractivity contribution is -0.321. The van der Waals surface area contributed by atoms with E-state index in [2.05, 4.69) is 42.5 Å². The molecule has 0 spiro atoms.